The first kappa shape index (κ1) is 12.4. The molecule has 0 aliphatic heterocycles. The number of hydrogen-bond donors (Lipinski definition) is 2. The summed E-state index contributed by atoms with van der Waals surface area (Å²) in [5, 5.41) is 22.2. The zero-order valence-corrected chi connectivity index (χ0v) is 8.97. The molecule has 0 fully saturated rings. The molecule has 0 spiro atoms. The molecule has 0 saturated carbocycles. The minimum atomic E-state index is -0.325. The van der Waals surface area contributed by atoms with Crippen LogP contribution < -0.4 is 10.0 Å². The van der Waals surface area contributed by atoms with Crippen LogP contribution in [-0.2, 0) is 11.3 Å². The molecule has 6 heteroatoms. The molecule has 0 aromatic carbocycles. The number of aliphatic hydroxyl groups is 1. The fourth-order valence-corrected chi connectivity index (χ4v) is 1.21. The maximum Gasteiger partial charge on any atom is 0.257 e. The molecule has 6 nitrogen and oxygen atoms in total. The number of carbonyl (C=O) groups is 1. The van der Waals surface area contributed by atoms with Gasteiger partial charge in [-0.1, -0.05) is 0 Å². The maximum absolute atomic E-state index is 11.3. The normalized spacial score (nSPS) is 10.1. The van der Waals surface area contributed by atoms with Crippen molar-refractivity contribution < 1.29 is 19.4 Å². The minimum Gasteiger partial charge on any atom is -0.619 e. The van der Waals surface area contributed by atoms with E-state index in [0.29, 0.717) is 10.3 Å². The third-order valence-corrected chi connectivity index (χ3v) is 1.89. The number of aromatic nitrogens is 1. The van der Waals surface area contributed by atoms with Gasteiger partial charge in [0.05, 0.1) is 19.8 Å². The number of pyridine rings is 1. The van der Waals surface area contributed by atoms with Crippen LogP contribution in [0.2, 0.25) is 0 Å². The van der Waals surface area contributed by atoms with E-state index in [1.54, 1.807) is 6.07 Å². The fourth-order valence-electron chi connectivity index (χ4n) is 1.21. The Bertz CT molecular complexity index is 368. The van der Waals surface area contributed by atoms with Crippen LogP contribution in [0.1, 0.15) is 15.9 Å². The van der Waals surface area contributed by atoms with Crippen molar-refractivity contribution in [2.45, 2.75) is 6.61 Å². The van der Waals surface area contributed by atoms with Crippen LogP contribution in [0.3, 0.4) is 0 Å². The summed E-state index contributed by atoms with van der Waals surface area (Å²) < 4.78 is 5.62. The fraction of sp³-hybridized carbons (Fsp3) is 0.400. The van der Waals surface area contributed by atoms with E-state index in [1.165, 1.54) is 19.4 Å². The lowest BCUT2D eigenvalue weighted by Crippen LogP contribution is -2.30. The second-order valence-electron chi connectivity index (χ2n) is 3.15. The van der Waals surface area contributed by atoms with E-state index in [2.05, 4.69) is 5.32 Å². The highest BCUT2D eigenvalue weighted by Gasteiger charge is 2.09. The van der Waals surface area contributed by atoms with Crippen LogP contribution in [0, 0.1) is 5.21 Å². The highest BCUT2D eigenvalue weighted by atomic mass is 16.5. The summed E-state index contributed by atoms with van der Waals surface area (Å²) in [6.45, 7) is 0.309. The Balaban J connectivity index is 2.77. The van der Waals surface area contributed by atoms with Gasteiger partial charge in [-0.05, 0) is 6.07 Å². The van der Waals surface area contributed by atoms with Crippen LogP contribution in [-0.4, -0.2) is 31.3 Å². The standard InChI is InChI=1S/C10H14N2O4/c1-11-10(14)9-4-8(5-12(15)6-9)7-16-3-2-13/h4-6,13H,2-3,7H2,1H3,(H,11,14). The van der Waals surface area contributed by atoms with Gasteiger partial charge in [0, 0.05) is 12.6 Å². The molecule has 1 aromatic rings. The second-order valence-corrected chi connectivity index (χ2v) is 3.15. The molecular weight excluding hydrogens is 212 g/mol. The van der Waals surface area contributed by atoms with Gasteiger partial charge in [0.15, 0.2) is 12.4 Å². The Morgan fingerprint density at radius 2 is 2.38 bits per heavy atom. The SMILES string of the molecule is CNC(=O)c1cc(COCCO)c[n+]([O-])c1. The Morgan fingerprint density at radius 3 is 3.00 bits per heavy atom. The number of ether oxygens (including phenoxy) is 1. The second kappa shape index (κ2) is 6.04. The average molecular weight is 226 g/mol. The summed E-state index contributed by atoms with van der Waals surface area (Å²) in [5.41, 5.74) is 0.868. The summed E-state index contributed by atoms with van der Waals surface area (Å²) in [4.78, 5) is 11.3. The molecule has 0 bridgehead atoms. The predicted octanol–water partition coefficient (Wildman–Crippen LogP) is -0.811. The summed E-state index contributed by atoms with van der Waals surface area (Å²) in [7, 11) is 1.49. The summed E-state index contributed by atoms with van der Waals surface area (Å²) in [6.07, 6.45) is 2.51. The van der Waals surface area contributed by atoms with Crippen molar-refractivity contribution in [2.24, 2.45) is 0 Å². The number of nitrogens with zero attached hydrogens (tertiary/aromatic N) is 1. The van der Waals surface area contributed by atoms with E-state index in [-0.39, 0.29) is 31.3 Å². The lowest BCUT2D eigenvalue weighted by molar-refractivity contribution is -0.606. The van der Waals surface area contributed by atoms with E-state index in [9.17, 15) is 10.0 Å². The van der Waals surface area contributed by atoms with E-state index in [4.69, 9.17) is 9.84 Å². The lowest BCUT2D eigenvalue weighted by atomic mass is 10.2. The van der Waals surface area contributed by atoms with Crippen molar-refractivity contribution in [3.05, 3.63) is 34.8 Å². The summed E-state index contributed by atoms with van der Waals surface area (Å²) in [6, 6.07) is 1.57. The highest BCUT2D eigenvalue weighted by molar-refractivity contribution is 5.93. The Hall–Kier alpha value is -1.66. The minimum absolute atomic E-state index is 0.0769. The molecule has 0 atom stereocenters. The van der Waals surface area contributed by atoms with Gasteiger partial charge >= 0.3 is 0 Å². The van der Waals surface area contributed by atoms with Gasteiger partial charge in [-0.15, -0.1) is 0 Å². The van der Waals surface area contributed by atoms with Gasteiger partial charge in [0.1, 0.15) is 5.56 Å². The topological polar surface area (TPSA) is 85.5 Å². The van der Waals surface area contributed by atoms with Crippen LogP contribution in [0.5, 0.6) is 0 Å². The molecule has 1 amide bonds. The van der Waals surface area contributed by atoms with Crippen LogP contribution in [0.25, 0.3) is 0 Å². The van der Waals surface area contributed by atoms with Gasteiger partial charge in [-0.25, -0.2) is 0 Å². The van der Waals surface area contributed by atoms with Crippen LogP contribution in [0.4, 0.5) is 0 Å². The number of amides is 1. The first-order valence-corrected chi connectivity index (χ1v) is 4.80. The van der Waals surface area contributed by atoms with Gasteiger partial charge in [0.25, 0.3) is 5.91 Å². The zero-order valence-electron chi connectivity index (χ0n) is 8.97. The zero-order chi connectivity index (χ0) is 12.0. The molecule has 0 saturated heterocycles. The first-order chi connectivity index (χ1) is 7.67. The van der Waals surface area contributed by atoms with E-state index >= 15 is 0 Å². The van der Waals surface area contributed by atoms with Crippen molar-refractivity contribution in [1.29, 1.82) is 0 Å². The Kier molecular flexibility index (Phi) is 4.68. The largest absolute Gasteiger partial charge is 0.619 e. The van der Waals surface area contributed by atoms with Gasteiger partial charge in [-0.3, -0.25) is 4.79 Å². The van der Waals surface area contributed by atoms with Crippen molar-refractivity contribution in [2.75, 3.05) is 20.3 Å². The molecule has 1 heterocycles. The van der Waals surface area contributed by atoms with Crippen LogP contribution in [0.15, 0.2) is 18.5 Å². The Labute approximate surface area is 93.1 Å². The van der Waals surface area contributed by atoms with Crippen molar-refractivity contribution in [3.63, 3.8) is 0 Å². The highest BCUT2D eigenvalue weighted by Crippen LogP contribution is 2.03. The van der Waals surface area contributed by atoms with E-state index < -0.39 is 0 Å². The lowest BCUT2D eigenvalue weighted by Gasteiger charge is -2.05. The summed E-state index contributed by atoms with van der Waals surface area (Å²) in [5.74, 6) is -0.325. The number of carbonyl (C=O) groups excluding carboxylic acids is 1. The quantitative estimate of drug-likeness (QED) is 0.390. The predicted molar refractivity (Wildman–Crippen MR) is 55.5 cm³/mol. The third-order valence-electron chi connectivity index (χ3n) is 1.89. The molecule has 1 rings (SSSR count). The van der Waals surface area contributed by atoms with Crippen molar-refractivity contribution in [1.82, 2.24) is 5.32 Å². The smallest absolute Gasteiger partial charge is 0.257 e. The molecule has 88 valence electrons. The molecular formula is C10H14N2O4. The van der Waals surface area contributed by atoms with Crippen LogP contribution >= 0.6 is 0 Å². The molecule has 0 aliphatic carbocycles. The molecule has 16 heavy (non-hydrogen) atoms. The number of hydrogen-bond acceptors (Lipinski definition) is 4. The molecule has 1 aromatic heterocycles. The van der Waals surface area contributed by atoms with Crippen molar-refractivity contribution in [3.8, 4) is 0 Å². The van der Waals surface area contributed by atoms with E-state index in [0.717, 1.165) is 0 Å². The molecule has 0 radical (unpaired) electrons. The van der Waals surface area contributed by atoms with Gasteiger partial charge in [-0.2, -0.15) is 4.73 Å². The molecule has 0 aliphatic rings. The molecule has 2 N–H and O–H groups in total. The number of aliphatic hydroxyl groups excluding tert-OH is 1. The summed E-state index contributed by atoms with van der Waals surface area (Å²) >= 11 is 0. The van der Waals surface area contributed by atoms with E-state index in [1.807, 2.05) is 0 Å². The number of rotatable bonds is 5. The van der Waals surface area contributed by atoms with Gasteiger partial charge in [0.2, 0.25) is 0 Å². The molecule has 0 unspecified atom stereocenters. The number of nitrogens with one attached hydrogen (secondary N) is 1. The van der Waals surface area contributed by atoms with Gasteiger partial charge < -0.3 is 20.4 Å². The third kappa shape index (κ3) is 3.48. The van der Waals surface area contributed by atoms with Crippen molar-refractivity contribution >= 4 is 5.91 Å². The Morgan fingerprint density at radius 1 is 1.62 bits per heavy atom. The first-order valence-electron chi connectivity index (χ1n) is 4.80. The average Bonchev–Trinajstić information content (AvgIpc) is 2.27. The monoisotopic (exact) mass is 226 g/mol. The maximum atomic E-state index is 11.3.